The van der Waals surface area contributed by atoms with Crippen molar-refractivity contribution < 1.29 is 9.53 Å². The van der Waals surface area contributed by atoms with Gasteiger partial charge in [0, 0.05) is 16.8 Å². The molecule has 1 aromatic heterocycles. The molecule has 1 aromatic carbocycles. The quantitative estimate of drug-likeness (QED) is 0.656. The van der Waals surface area contributed by atoms with Crippen molar-refractivity contribution in [2.75, 3.05) is 12.8 Å². The Bertz CT molecular complexity index is 823. The van der Waals surface area contributed by atoms with E-state index in [-0.39, 0.29) is 21.9 Å². The first-order valence-corrected chi connectivity index (χ1v) is 6.78. The number of hydrogen-bond donors (Lipinski definition) is 2. The number of thiocarbonyl (C=S) groups is 1. The van der Waals surface area contributed by atoms with Crippen LogP contribution in [-0.2, 0) is 4.74 Å². The second kappa shape index (κ2) is 6.05. The molecule has 0 spiro atoms. The summed E-state index contributed by atoms with van der Waals surface area (Å²) in [6.45, 7) is 0. The summed E-state index contributed by atoms with van der Waals surface area (Å²) in [6, 6.07) is 6.74. The van der Waals surface area contributed by atoms with Gasteiger partial charge in [-0.2, -0.15) is 5.26 Å². The number of anilines is 1. The van der Waals surface area contributed by atoms with E-state index in [2.05, 4.69) is 0 Å². The number of nitriles is 1. The van der Waals surface area contributed by atoms with Crippen molar-refractivity contribution in [3.8, 4) is 11.8 Å². The summed E-state index contributed by atoms with van der Waals surface area (Å²) in [5.74, 6) is -0.687. The van der Waals surface area contributed by atoms with Gasteiger partial charge in [0.1, 0.15) is 11.1 Å². The monoisotopic (exact) mass is 334 g/mol. The van der Waals surface area contributed by atoms with Gasteiger partial charge >= 0.3 is 5.97 Å². The molecule has 0 unspecified atom stereocenters. The van der Waals surface area contributed by atoms with Crippen LogP contribution in [0.2, 0.25) is 5.02 Å². The highest BCUT2D eigenvalue weighted by atomic mass is 35.5. The zero-order chi connectivity index (χ0) is 16.4. The number of esters is 1. The van der Waals surface area contributed by atoms with Gasteiger partial charge in [-0.1, -0.05) is 23.8 Å². The summed E-state index contributed by atoms with van der Waals surface area (Å²) in [4.78, 5) is 12.1. The van der Waals surface area contributed by atoms with Crippen LogP contribution in [0.1, 0.15) is 21.6 Å². The van der Waals surface area contributed by atoms with E-state index in [1.54, 1.807) is 18.2 Å². The lowest BCUT2D eigenvalue weighted by molar-refractivity contribution is 0.0593. The lowest BCUT2D eigenvalue weighted by Gasteiger charge is -2.13. The third-order valence-electron chi connectivity index (χ3n) is 3.03. The second-order valence-corrected chi connectivity index (χ2v) is 5.18. The number of methoxy groups -OCH3 is 1. The van der Waals surface area contributed by atoms with Crippen molar-refractivity contribution in [3.05, 3.63) is 46.2 Å². The maximum atomic E-state index is 12.0. The molecule has 0 fully saturated rings. The van der Waals surface area contributed by atoms with Gasteiger partial charge < -0.3 is 20.8 Å². The molecule has 4 N–H and O–H groups in total. The molecule has 0 aliphatic heterocycles. The normalized spacial score (nSPS) is 10.0. The molecule has 112 valence electrons. The third kappa shape index (κ3) is 2.62. The molecule has 2 rings (SSSR count). The minimum atomic E-state index is -0.687. The maximum absolute atomic E-state index is 12.0. The fraction of sp³-hybridized carbons (Fsp3) is 0.0714. The Morgan fingerprint density at radius 2 is 2.18 bits per heavy atom. The van der Waals surface area contributed by atoms with E-state index in [1.165, 1.54) is 17.9 Å². The molecule has 1 heterocycles. The van der Waals surface area contributed by atoms with Crippen LogP contribution in [0, 0.1) is 11.3 Å². The molecular formula is C14H11ClN4O2S. The number of benzene rings is 1. The minimum Gasteiger partial charge on any atom is -0.464 e. The fourth-order valence-corrected chi connectivity index (χ4v) is 2.36. The molecule has 0 bridgehead atoms. The summed E-state index contributed by atoms with van der Waals surface area (Å²) < 4.78 is 6.12. The van der Waals surface area contributed by atoms with Crippen LogP contribution in [-0.4, -0.2) is 22.6 Å². The van der Waals surface area contributed by atoms with Crippen LogP contribution in [0.5, 0.6) is 0 Å². The smallest absolute Gasteiger partial charge is 0.357 e. The zero-order valence-corrected chi connectivity index (χ0v) is 13.0. The predicted molar refractivity (Wildman–Crippen MR) is 87.1 cm³/mol. The van der Waals surface area contributed by atoms with Crippen molar-refractivity contribution in [2.24, 2.45) is 5.73 Å². The standard InChI is InChI=1S/C14H11ClN4O2S/c1-21-14(20)12-11(17)7(5-16)6-19(12)10-4-8(15)2-3-9(10)13(18)22/h2-4,6H,17H2,1H3,(H2,18,22). The number of aromatic nitrogens is 1. The highest BCUT2D eigenvalue weighted by Crippen LogP contribution is 2.28. The Morgan fingerprint density at radius 3 is 2.73 bits per heavy atom. The molecule has 0 saturated heterocycles. The highest BCUT2D eigenvalue weighted by Gasteiger charge is 2.23. The van der Waals surface area contributed by atoms with Gasteiger partial charge in [-0.3, -0.25) is 0 Å². The first-order valence-electron chi connectivity index (χ1n) is 5.99. The number of nitrogen functional groups attached to an aromatic ring is 1. The lowest BCUT2D eigenvalue weighted by Crippen LogP contribution is -2.16. The molecule has 0 aliphatic rings. The number of nitrogens with zero attached hydrogens (tertiary/aromatic N) is 2. The van der Waals surface area contributed by atoms with Crippen molar-refractivity contribution in [1.82, 2.24) is 4.57 Å². The van der Waals surface area contributed by atoms with E-state index in [4.69, 9.17) is 45.3 Å². The van der Waals surface area contributed by atoms with Crippen molar-refractivity contribution >= 4 is 40.5 Å². The van der Waals surface area contributed by atoms with Crippen molar-refractivity contribution in [2.45, 2.75) is 0 Å². The Balaban J connectivity index is 2.84. The van der Waals surface area contributed by atoms with Crippen molar-refractivity contribution in [1.29, 1.82) is 5.26 Å². The van der Waals surface area contributed by atoms with Gasteiger partial charge in [-0.25, -0.2) is 4.79 Å². The molecule has 6 nitrogen and oxygen atoms in total. The first-order chi connectivity index (χ1) is 10.4. The third-order valence-corrected chi connectivity index (χ3v) is 3.48. The largest absolute Gasteiger partial charge is 0.464 e. The lowest BCUT2D eigenvalue weighted by atomic mass is 10.1. The van der Waals surface area contributed by atoms with E-state index < -0.39 is 5.97 Å². The van der Waals surface area contributed by atoms with Gasteiger partial charge in [0.05, 0.1) is 24.0 Å². The number of nitrogens with two attached hydrogens (primary N) is 2. The van der Waals surface area contributed by atoms with Crippen LogP contribution in [0.3, 0.4) is 0 Å². The van der Waals surface area contributed by atoms with E-state index >= 15 is 0 Å². The number of rotatable bonds is 3. The molecule has 0 amide bonds. The molecule has 8 heteroatoms. The van der Waals surface area contributed by atoms with Gasteiger partial charge in [-0.05, 0) is 18.2 Å². The topological polar surface area (TPSA) is 107 Å². The summed E-state index contributed by atoms with van der Waals surface area (Å²) >= 11 is 11.0. The Kier molecular flexibility index (Phi) is 4.35. The van der Waals surface area contributed by atoms with E-state index in [1.807, 2.05) is 6.07 Å². The summed E-state index contributed by atoms with van der Waals surface area (Å²) in [7, 11) is 1.22. The summed E-state index contributed by atoms with van der Waals surface area (Å²) in [5, 5.41) is 9.53. The van der Waals surface area contributed by atoms with Crippen LogP contribution in [0.4, 0.5) is 5.69 Å². The van der Waals surface area contributed by atoms with E-state index in [9.17, 15) is 4.79 Å². The summed E-state index contributed by atoms with van der Waals surface area (Å²) in [6.07, 6.45) is 1.41. The maximum Gasteiger partial charge on any atom is 0.357 e. The number of halogens is 1. The van der Waals surface area contributed by atoms with Crippen LogP contribution >= 0.6 is 23.8 Å². The second-order valence-electron chi connectivity index (χ2n) is 4.30. The molecule has 2 aromatic rings. The van der Waals surface area contributed by atoms with Gasteiger partial charge in [-0.15, -0.1) is 0 Å². The molecular weight excluding hydrogens is 324 g/mol. The number of carbonyl (C=O) groups excluding carboxylic acids is 1. The molecule has 22 heavy (non-hydrogen) atoms. The molecule has 0 radical (unpaired) electrons. The zero-order valence-electron chi connectivity index (χ0n) is 11.5. The molecule has 0 atom stereocenters. The van der Waals surface area contributed by atoms with Gasteiger partial charge in [0.2, 0.25) is 0 Å². The molecule has 0 saturated carbocycles. The SMILES string of the molecule is COC(=O)c1c(N)c(C#N)cn1-c1cc(Cl)ccc1C(N)=S. The number of ether oxygens (including phenoxy) is 1. The number of carbonyl (C=O) groups is 1. The van der Waals surface area contributed by atoms with Gasteiger partial charge in [0.15, 0.2) is 5.69 Å². The minimum absolute atomic E-state index is 0.0128. The predicted octanol–water partition coefficient (Wildman–Crippen LogP) is 2.01. The van der Waals surface area contributed by atoms with Crippen molar-refractivity contribution in [3.63, 3.8) is 0 Å². The molecule has 0 aliphatic carbocycles. The van der Waals surface area contributed by atoms with Crippen LogP contribution in [0.15, 0.2) is 24.4 Å². The Hall–Kier alpha value is -2.56. The Labute approximate surface area is 136 Å². The number of hydrogen-bond acceptors (Lipinski definition) is 5. The fourth-order valence-electron chi connectivity index (χ4n) is 2.02. The summed E-state index contributed by atoms with van der Waals surface area (Å²) in [5.41, 5.74) is 12.6. The van der Waals surface area contributed by atoms with Crippen LogP contribution in [0.25, 0.3) is 5.69 Å². The van der Waals surface area contributed by atoms with E-state index in [0.29, 0.717) is 16.3 Å². The van der Waals surface area contributed by atoms with Crippen LogP contribution < -0.4 is 11.5 Å². The average molecular weight is 335 g/mol. The first kappa shape index (κ1) is 15.8. The van der Waals surface area contributed by atoms with Gasteiger partial charge in [0.25, 0.3) is 0 Å². The highest BCUT2D eigenvalue weighted by molar-refractivity contribution is 7.80. The Morgan fingerprint density at radius 1 is 1.50 bits per heavy atom. The average Bonchev–Trinajstić information content (AvgIpc) is 2.82. The van der Waals surface area contributed by atoms with E-state index in [0.717, 1.165) is 0 Å².